The van der Waals surface area contributed by atoms with Gasteiger partial charge < -0.3 is 10.2 Å². The van der Waals surface area contributed by atoms with Gasteiger partial charge in [-0.3, -0.25) is 4.57 Å². The van der Waals surface area contributed by atoms with Crippen LogP contribution in [-0.4, -0.2) is 44.1 Å². The van der Waals surface area contributed by atoms with Gasteiger partial charge in [0.2, 0.25) is 17.8 Å². The number of aromatic nitrogens is 5. The van der Waals surface area contributed by atoms with E-state index < -0.39 is 0 Å². The zero-order valence-corrected chi connectivity index (χ0v) is 12.4. The minimum Gasteiger partial charge on any atom is -0.354 e. The smallest absolute Gasteiger partial charge is 0.241 e. The van der Waals surface area contributed by atoms with E-state index in [0.717, 1.165) is 0 Å². The molecule has 0 aliphatic carbocycles. The fourth-order valence-corrected chi connectivity index (χ4v) is 1.71. The number of imidazole rings is 1. The maximum atomic E-state index is 8.82. The fourth-order valence-electron chi connectivity index (χ4n) is 1.71. The highest BCUT2D eigenvalue weighted by molar-refractivity contribution is 5.40. The van der Waals surface area contributed by atoms with Gasteiger partial charge in [-0.25, -0.2) is 4.98 Å². The lowest BCUT2D eigenvalue weighted by Crippen LogP contribution is -2.30. The number of rotatable bonds is 6. The summed E-state index contributed by atoms with van der Waals surface area (Å²) in [6.07, 6.45) is 5.47. The monoisotopic (exact) mass is 286 g/mol. The molecule has 0 bridgehead atoms. The van der Waals surface area contributed by atoms with Crippen molar-refractivity contribution in [2.75, 3.05) is 23.8 Å². The van der Waals surface area contributed by atoms with Crippen LogP contribution in [0.5, 0.6) is 0 Å². The molecule has 0 saturated heterocycles. The molecule has 0 aliphatic rings. The zero-order valence-electron chi connectivity index (χ0n) is 12.4. The van der Waals surface area contributed by atoms with E-state index in [4.69, 9.17) is 5.26 Å². The normalized spacial score (nSPS) is 11.7. The Morgan fingerprint density at radius 2 is 2.24 bits per heavy atom. The van der Waals surface area contributed by atoms with Crippen molar-refractivity contribution in [1.29, 1.82) is 5.26 Å². The first-order chi connectivity index (χ1) is 10.2. The van der Waals surface area contributed by atoms with Gasteiger partial charge in [-0.1, -0.05) is 0 Å². The van der Waals surface area contributed by atoms with E-state index in [0.29, 0.717) is 30.8 Å². The minimum absolute atomic E-state index is 0.0162. The SMILES string of the molecule is CCNc1nc(N(C)C(C)CC#N)nc(-n2ccnc2)n1. The van der Waals surface area contributed by atoms with Gasteiger partial charge in [0.25, 0.3) is 0 Å². The second-order valence-corrected chi connectivity index (χ2v) is 4.58. The second kappa shape index (κ2) is 6.65. The van der Waals surface area contributed by atoms with Gasteiger partial charge in [-0.15, -0.1) is 0 Å². The third-order valence-corrected chi connectivity index (χ3v) is 3.05. The standard InChI is InChI=1S/C13H18N8/c1-4-16-11-17-12(20(3)10(2)5-6-14)19-13(18-11)21-8-7-15-9-21/h7-10H,4-5H2,1-3H3,(H,16,17,18,19). The zero-order chi connectivity index (χ0) is 15.2. The van der Waals surface area contributed by atoms with Crippen LogP contribution < -0.4 is 10.2 Å². The lowest BCUT2D eigenvalue weighted by atomic mass is 10.2. The van der Waals surface area contributed by atoms with Crippen molar-refractivity contribution >= 4 is 11.9 Å². The Kier molecular flexibility index (Phi) is 4.66. The number of hydrogen-bond acceptors (Lipinski definition) is 7. The van der Waals surface area contributed by atoms with E-state index in [2.05, 4.69) is 31.3 Å². The summed E-state index contributed by atoms with van der Waals surface area (Å²) >= 11 is 0. The summed E-state index contributed by atoms with van der Waals surface area (Å²) in [5, 5.41) is 11.9. The van der Waals surface area contributed by atoms with Crippen LogP contribution in [0, 0.1) is 11.3 Å². The molecule has 8 nitrogen and oxygen atoms in total. The summed E-state index contributed by atoms with van der Waals surface area (Å²) < 4.78 is 1.72. The Hall–Kier alpha value is -2.69. The van der Waals surface area contributed by atoms with Crippen molar-refractivity contribution in [2.45, 2.75) is 26.3 Å². The Morgan fingerprint density at radius 3 is 2.86 bits per heavy atom. The molecule has 2 heterocycles. The van der Waals surface area contributed by atoms with Crippen molar-refractivity contribution in [3.63, 3.8) is 0 Å². The van der Waals surface area contributed by atoms with Crippen LogP contribution in [0.15, 0.2) is 18.7 Å². The van der Waals surface area contributed by atoms with E-state index in [-0.39, 0.29) is 6.04 Å². The van der Waals surface area contributed by atoms with Gasteiger partial charge >= 0.3 is 0 Å². The topological polar surface area (TPSA) is 95.6 Å². The molecular formula is C13H18N8. The molecule has 2 aromatic heterocycles. The molecule has 1 N–H and O–H groups in total. The highest BCUT2D eigenvalue weighted by Crippen LogP contribution is 2.15. The third kappa shape index (κ3) is 3.45. The summed E-state index contributed by atoms with van der Waals surface area (Å²) in [4.78, 5) is 19.0. The third-order valence-electron chi connectivity index (χ3n) is 3.05. The highest BCUT2D eigenvalue weighted by atomic mass is 15.3. The van der Waals surface area contributed by atoms with Crippen LogP contribution >= 0.6 is 0 Å². The highest BCUT2D eigenvalue weighted by Gasteiger charge is 2.15. The van der Waals surface area contributed by atoms with Crippen molar-refractivity contribution in [2.24, 2.45) is 0 Å². The van der Waals surface area contributed by atoms with Crippen molar-refractivity contribution in [3.05, 3.63) is 18.7 Å². The van der Waals surface area contributed by atoms with E-state index in [9.17, 15) is 0 Å². The maximum absolute atomic E-state index is 8.82. The molecule has 1 unspecified atom stereocenters. The van der Waals surface area contributed by atoms with Crippen LogP contribution in [0.2, 0.25) is 0 Å². The summed E-state index contributed by atoms with van der Waals surface area (Å²) in [5.41, 5.74) is 0. The molecular weight excluding hydrogens is 268 g/mol. The first-order valence-electron chi connectivity index (χ1n) is 6.73. The summed E-state index contributed by atoms with van der Waals surface area (Å²) in [5.74, 6) is 1.51. The quantitative estimate of drug-likeness (QED) is 0.853. The Morgan fingerprint density at radius 1 is 1.43 bits per heavy atom. The Balaban J connectivity index is 2.38. The van der Waals surface area contributed by atoms with Gasteiger partial charge in [0.05, 0.1) is 12.5 Å². The molecule has 0 fully saturated rings. The van der Waals surface area contributed by atoms with Crippen LogP contribution in [0.1, 0.15) is 20.3 Å². The average Bonchev–Trinajstić information content (AvgIpc) is 3.01. The number of hydrogen-bond donors (Lipinski definition) is 1. The number of nitriles is 1. The molecule has 21 heavy (non-hydrogen) atoms. The summed E-state index contributed by atoms with van der Waals surface area (Å²) in [6.45, 7) is 4.64. The molecule has 0 spiro atoms. The maximum Gasteiger partial charge on any atom is 0.241 e. The lowest BCUT2D eigenvalue weighted by Gasteiger charge is -2.23. The largest absolute Gasteiger partial charge is 0.354 e. The Labute approximate surface area is 123 Å². The van der Waals surface area contributed by atoms with Gasteiger partial charge in [-0.05, 0) is 13.8 Å². The molecule has 2 rings (SSSR count). The van der Waals surface area contributed by atoms with Gasteiger partial charge in [0.15, 0.2) is 0 Å². The Bertz CT molecular complexity index is 616. The average molecular weight is 286 g/mol. The van der Waals surface area contributed by atoms with E-state index >= 15 is 0 Å². The van der Waals surface area contributed by atoms with Crippen molar-refractivity contribution in [1.82, 2.24) is 24.5 Å². The first-order valence-corrected chi connectivity index (χ1v) is 6.73. The van der Waals surface area contributed by atoms with Crippen LogP contribution in [0.3, 0.4) is 0 Å². The lowest BCUT2D eigenvalue weighted by molar-refractivity contribution is 0.678. The first kappa shape index (κ1) is 14.7. The molecule has 2 aromatic rings. The van der Waals surface area contributed by atoms with Gasteiger partial charge in [0.1, 0.15) is 6.33 Å². The van der Waals surface area contributed by atoms with Crippen LogP contribution in [0.4, 0.5) is 11.9 Å². The predicted molar refractivity (Wildman–Crippen MR) is 79.2 cm³/mol. The predicted octanol–water partition coefficient (Wildman–Crippen LogP) is 1.23. The summed E-state index contributed by atoms with van der Waals surface area (Å²) in [6, 6.07) is 2.17. The molecule has 0 radical (unpaired) electrons. The number of nitrogens with zero attached hydrogens (tertiary/aromatic N) is 7. The van der Waals surface area contributed by atoms with Gasteiger partial charge in [-0.2, -0.15) is 20.2 Å². The number of anilines is 2. The van der Waals surface area contributed by atoms with E-state index in [1.165, 1.54) is 0 Å². The molecule has 0 amide bonds. The molecule has 0 aromatic carbocycles. The van der Waals surface area contributed by atoms with E-state index in [1.807, 2.05) is 25.8 Å². The van der Waals surface area contributed by atoms with E-state index in [1.54, 1.807) is 23.3 Å². The van der Waals surface area contributed by atoms with Crippen molar-refractivity contribution in [3.8, 4) is 12.0 Å². The fraction of sp³-hybridized carbons (Fsp3) is 0.462. The van der Waals surface area contributed by atoms with Gasteiger partial charge in [0, 0.05) is 32.0 Å². The van der Waals surface area contributed by atoms with Crippen molar-refractivity contribution < 1.29 is 0 Å². The molecule has 110 valence electrons. The number of nitrogens with one attached hydrogen (secondary N) is 1. The van der Waals surface area contributed by atoms with Crippen LogP contribution in [-0.2, 0) is 0 Å². The summed E-state index contributed by atoms with van der Waals surface area (Å²) in [7, 11) is 1.87. The second-order valence-electron chi connectivity index (χ2n) is 4.58. The minimum atomic E-state index is 0.0162. The molecule has 8 heteroatoms. The molecule has 1 atom stereocenters. The molecule has 0 saturated carbocycles. The molecule has 0 aliphatic heterocycles. The van der Waals surface area contributed by atoms with Crippen LogP contribution in [0.25, 0.3) is 5.95 Å².